The largest absolute Gasteiger partial charge is 0.508 e. The smallest absolute Gasteiger partial charge is 0.305 e. The molecule has 0 bridgehead atoms. The molecule has 0 saturated carbocycles. The van der Waals surface area contributed by atoms with E-state index in [0.29, 0.717) is 57.1 Å². The highest BCUT2D eigenvalue weighted by molar-refractivity contribution is 8.00. The number of aromatic amines is 1. The van der Waals surface area contributed by atoms with Gasteiger partial charge in [0.15, 0.2) is 0 Å². The fourth-order valence-electron chi connectivity index (χ4n) is 16.9. The summed E-state index contributed by atoms with van der Waals surface area (Å²) in [5.74, 6) is -16.8. The summed E-state index contributed by atoms with van der Waals surface area (Å²) in [7, 11) is 4.11. The monoisotopic (exact) mass is 1850 g/mol. The molecule has 3 saturated heterocycles. The quantitative estimate of drug-likeness (QED) is 0.0436. The number of carbonyl (C=O) groups is 16. The number of nitrogens with two attached hydrogens (primary N) is 1. The van der Waals surface area contributed by atoms with E-state index >= 15 is 47.9 Å². The van der Waals surface area contributed by atoms with E-state index in [-0.39, 0.29) is 113 Å². The molecule has 6 aromatic carbocycles. The van der Waals surface area contributed by atoms with E-state index in [4.69, 9.17) is 5.73 Å². The van der Waals surface area contributed by atoms with Crippen molar-refractivity contribution >= 4 is 117 Å². The number of carbonyl (C=O) groups excluding carboxylic acids is 15. The molecule has 0 spiro atoms. The summed E-state index contributed by atoms with van der Waals surface area (Å²) < 4.78 is 0. The first-order chi connectivity index (χ1) is 63.5. The minimum absolute atomic E-state index is 0.0194. The number of para-hydroxylation sites is 1. The number of rotatable bonds is 23. The maximum atomic E-state index is 15.8. The number of H-pyrrole nitrogens is 1. The number of nitrogens with one attached hydrogen (secondary N) is 10. The van der Waals surface area contributed by atoms with Gasteiger partial charge in [-0.2, -0.15) is 0 Å². The SMILES string of the molecule is CCCC[C@H]1C(=O)N2CCC[C@@H]2C(=O)N[C@@H](CC(=O)O)C(=O)N[C@@H](C(C)C)C(=O)N(C)[C@@H](Cc2ccccc2)C(=O)N[C@@H](Cc2ccc(O)cc2)C(=O)N2CCC[C@@H]2C(=O)N[C@@H](Cc2c[nH]c3ccccc23)C(=O)N[C@@H](Cc2ccc(O)cc2)C(=O)N[C@@H](CC(C)C)C(=O)N[C@H](C(=O)NCC(N)=O)CSCC(=O)N[C@@H](Cc2ccccc2)C(=O)N(C)C(Cc2ccccc2)C(=O)N1C. The van der Waals surface area contributed by atoms with Crippen molar-refractivity contribution in [1.29, 1.82) is 0 Å². The molecule has 35 nitrogen and oxygen atoms in total. The first-order valence-electron chi connectivity index (χ1n) is 45.0. The van der Waals surface area contributed by atoms with Crippen molar-refractivity contribution in [1.82, 2.24) is 77.3 Å². The summed E-state index contributed by atoms with van der Waals surface area (Å²) in [6.45, 7) is 7.81. The van der Waals surface area contributed by atoms with Crippen LogP contribution in [0.1, 0.15) is 126 Å². The minimum atomic E-state index is -1.89. The molecule has 3 aliphatic rings. The third kappa shape index (κ3) is 28.4. The van der Waals surface area contributed by atoms with Gasteiger partial charge >= 0.3 is 5.97 Å². The Morgan fingerprint density at radius 1 is 0.466 bits per heavy atom. The molecule has 1 unspecified atom stereocenters. The van der Waals surface area contributed by atoms with Crippen molar-refractivity contribution in [2.24, 2.45) is 17.6 Å². The van der Waals surface area contributed by atoms with Gasteiger partial charge in [0, 0.05) is 95.6 Å². The Kier molecular flexibility index (Phi) is 37.0. The van der Waals surface area contributed by atoms with E-state index in [0.717, 1.165) is 16.7 Å². The lowest BCUT2D eigenvalue weighted by Crippen LogP contribution is -2.62. The molecule has 13 atom stereocenters. The predicted molar refractivity (Wildman–Crippen MR) is 496 cm³/mol. The van der Waals surface area contributed by atoms with Crippen molar-refractivity contribution in [2.45, 2.75) is 209 Å². The van der Waals surface area contributed by atoms with Crippen LogP contribution in [0.3, 0.4) is 0 Å². The van der Waals surface area contributed by atoms with Crippen molar-refractivity contribution in [3.8, 4) is 11.5 Å². The number of unbranched alkanes of at least 4 members (excludes halogenated alkanes) is 1. The van der Waals surface area contributed by atoms with Gasteiger partial charge in [-0.3, -0.25) is 76.7 Å². The number of likely N-dealkylation sites (N-methyl/N-ethyl adjacent to an activating group) is 3. The molecule has 133 heavy (non-hydrogen) atoms. The number of hydrogen-bond acceptors (Lipinski definition) is 19. The molecule has 3 fully saturated rings. The van der Waals surface area contributed by atoms with E-state index in [1.807, 2.05) is 6.92 Å². The van der Waals surface area contributed by atoms with Gasteiger partial charge in [-0.05, 0) is 114 Å². The lowest BCUT2D eigenvalue weighted by atomic mass is 9.98. The Hall–Kier alpha value is -13.7. The molecule has 1 aromatic heterocycles. The van der Waals surface area contributed by atoms with Crippen LogP contribution in [0.4, 0.5) is 0 Å². The van der Waals surface area contributed by atoms with Crippen LogP contribution < -0.4 is 53.6 Å². The number of primary amides is 1. The molecule has 15 N–H and O–H groups in total. The first-order valence-corrected chi connectivity index (χ1v) is 46.1. The second-order valence-electron chi connectivity index (χ2n) is 34.9. The van der Waals surface area contributed by atoms with Gasteiger partial charge in [-0.15, -0.1) is 11.8 Å². The van der Waals surface area contributed by atoms with Gasteiger partial charge in [0.25, 0.3) is 0 Å². The Labute approximate surface area is 776 Å². The lowest BCUT2D eigenvalue weighted by Gasteiger charge is -2.38. The number of aromatic hydroxyl groups is 2. The van der Waals surface area contributed by atoms with Crippen LogP contribution in [-0.4, -0.2) is 270 Å². The lowest BCUT2D eigenvalue weighted by molar-refractivity contribution is -0.152. The normalized spacial score (nSPS) is 23.5. The van der Waals surface area contributed by atoms with E-state index in [2.05, 4.69) is 52.8 Å². The number of carboxylic acid groups (broad SMARTS) is 1. The molecule has 3 aliphatic heterocycles. The topological polar surface area (TPSA) is 500 Å². The van der Waals surface area contributed by atoms with Crippen LogP contribution in [0.25, 0.3) is 10.9 Å². The Morgan fingerprint density at radius 2 is 0.917 bits per heavy atom. The summed E-state index contributed by atoms with van der Waals surface area (Å²) in [6.07, 6.45) is 0.840. The van der Waals surface area contributed by atoms with Gasteiger partial charge in [-0.25, -0.2) is 0 Å². The van der Waals surface area contributed by atoms with Gasteiger partial charge in [0.2, 0.25) is 88.6 Å². The minimum Gasteiger partial charge on any atom is -0.508 e. The molecule has 710 valence electrons. The summed E-state index contributed by atoms with van der Waals surface area (Å²) in [5.41, 5.74) is 9.25. The molecular weight excluding hydrogens is 1730 g/mol. The number of phenols is 2. The van der Waals surface area contributed by atoms with Crippen LogP contribution in [0.2, 0.25) is 0 Å². The Morgan fingerprint density at radius 3 is 1.46 bits per heavy atom. The Balaban J connectivity index is 1.05. The molecule has 10 rings (SSSR count). The molecule has 7 aromatic rings. The molecule has 0 aliphatic carbocycles. The number of amides is 15. The number of phenolic OH excluding ortho intramolecular Hbond substituents is 2. The zero-order valence-corrected chi connectivity index (χ0v) is 76.9. The average molecular weight is 1850 g/mol. The number of hydrogen-bond donors (Lipinski definition) is 14. The van der Waals surface area contributed by atoms with E-state index in [1.54, 1.807) is 149 Å². The van der Waals surface area contributed by atoms with Crippen LogP contribution in [0.5, 0.6) is 11.5 Å². The number of thioether (sulfide) groups is 1. The van der Waals surface area contributed by atoms with Crippen molar-refractivity contribution in [2.75, 3.05) is 52.3 Å². The standard InChI is InChI=1S/C97H122N16O19S/c1-9-10-32-78-96(131)113-44-23-34-77(113)91(126)105-72(52-83(118)119)89(124)108-84(58(4)5)97(132)110(7)79(49-60-26-16-12-17-27-60)92(127)106-74(48-63-37-41-66(115)42-38-63)94(129)112-43-22-33-76(112)90(125)104-71(51-64-53-99-68-31-21-20-30-67(64)68)88(123)103-70(46-62-35-39-65(114)40-36-62)87(122)102-69(45-57(2)3)86(121)107-75(85(120)100-54-81(98)116)55-133-56-82(117)101-73(47-59-24-14-11-15-25-59)93(128)111(8)80(95(130)109(78)6)50-61-28-18-13-19-29-61/h11-21,24-31,35-42,53,57-58,69-80,84,99,114-115H,9-10,22-23,32-34,43-52,54-56H2,1-8H3,(H2,98,116)(H,100,120)(H,101,117)(H,102,122)(H,103,123)(H,104,125)(H,105,126)(H,106,127)(H,107,121)(H,108,124)(H,118,119)/t69-,70-,71-,72-,73-,74-,75-,76+,77+,78-,79-,80?,84-/m0/s1. The zero-order valence-electron chi connectivity index (χ0n) is 76.1. The number of aliphatic carboxylic acids is 1. The van der Waals surface area contributed by atoms with Crippen LogP contribution in [0, 0.1) is 11.8 Å². The molecule has 0 radical (unpaired) electrons. The molecule has 15 amide bonds. The van der Waals surface area contributed by atoms with Crippen molar-refractivity contribution < 1.29 is 92.0 Å². The predicted octanol–water partition coefficient (Wildman–Crippen LogP) is 3.39. The summed E-state index contributed by atoms with van der Waals surface area (Å²) in [5, 5.41) is 56.6. The number of benzene rings is 6. The van der Waals surface area contributed by atoms with Crippen LogP contribution in [0.15, 0.2) is 170 Å². The van der Waals surface area contributed by atoms with Gasteiger partial charge < -0.3 is 98.4 Å². The highest BCUT2D eigenvalue weighted by Gasteiger charge is 2.46. The third-order valence-electron chi connectivity index (χ3n) is 24.2. The van der Waals surface area contributed by atoms with Crippen molar-refractivity contribution in [3.63, 3.8) is 0 Å². The third-order valence-corrected chi connectivity index (χ3v) is 25.2. The highest BCUT2D eigenvalue weighted by Crippen LogP contribution is 2.29. The van der Waals surface area contributed by atoms with E-state index in [9.17, 15) is 44.1 Å². The average Bonchev–Trinajstić information content (AvgIpc) is 1.53. The van der Waals surface area contributed by atoms with E-state index < -0.39 is 198 Å². The van der Waals surface area contributed by atoms with Crippen LogP contribution >= 0.6 is 11.8 Å². The molecule has 4 heterocycles. The first kappa shape index (κ1) is 101. The highest BCUT2D eigenvalue weighted by atomic mass is 32.2. The van der Waals surface area contributed by atoms with Crippen LogP contribution in [-0.2, 0) is 115 Å². The Bertz CT molecular complexity index is 5260. The zero-order chi connectivity index (χ0) is 96.3. The van der Waals surface area contributed by atoms with Gasteiger partial charge in [0.1, 0.15) is 90.0 Å². The molecule has 36 heteroatoms. The second kappa shape index (κ2) is 48.5. The van der Waals surface area contributed by atoms with Gasteiger partial charge in [0.05, 0.1) is 18.7 Å². The van der Waals surface area contributed by atoms with E-state index in [1.165, 1.54) is 89.3 Å². The number of carboxylic acids is 1. The second-order valence-corrected chi connectivity index (χ2v) is 36.0. The van der Waals surface area contributed by atoms with Crippen molar-refractivity contribution in [3.05, 3.63) is 203 Å². The van der Waals surface area contributed by atoms with Gasteiger partial charge in [-0.1, -0.05) is 181 Å². The maximum Gasteiger partial charge on any atom is 0.305 e. The summed E-state index contributed by atoms with van der Waals surface area (Å²) in [6, 6.07) is 25.2. The fourth-order valence-corrected chi connectivity index (χ4v) is 17.8. The number of aromatic nitrogens is 1. The summed E-state index contributed by atoms with van der Waals surface area (Å²) in [4.78, 5) is 248. The summed E-state index contributed by atoms with van der Waals surface area (Å²) >= 11 is 0.840. The number of nitrogens with zero attached hydrogens (tertiary/aromatic N) is 5. The number of fused-ring (bicyclic) bond motifs is 3. The molecular formula is C97H122N16O19S. The maximum absolute atomic E-state index is 15.8. The fraction of sp³-hybridized carbons (Fsp3) is 0.443.